The number of imidazole rings is 1. The van der Waals surface area contributed by atoms with Gasteiger partial charge in [0.25, 0.3) is 0 Å². The van der Waals surface area contributed by atoms with Gasteiger partial charge in [-0.15, -0.1) is 0 Å². The summed E-state index contributed by atoms with van der Waals surface area (Å²) in [5, 5.41) is 20.1. The van der Waals surface area contributed by atoms with E-state index in [-0.39, 0.29) is 12.4 Å². The van der Waals surface area contributed by atoms with Gasteiger partial charge in [-0.2, -0.15) is 0 Å². The van der Waals surface area contributed by atoms with Crippen LogP contribution < -0.4 is 5.73 Å². The monoisotopic (exact) mass is 309 g/mol. The SMILES string of the molecule is CCOC(=O)[C@@H]1O[C@H](n2cnc3c(N)ncnc32)[C@@H](O)[C@H]1O. The zero-order chi connectivity index (χ0) is 15.9. The van der Waals surface area contributed by atoms with E-state index >= 15 is 0 Å². The van der Waals surface area contributed by atoms with Gasteiger partial charge < -0.3 is 25.4 Å². The molecule has 1 saturated heterocycles. The molecule has 10 nitrogen and oxygen atoms in total. The molecule has 0 spiro atoms. The number of carbonyl (C=O) groups excluding carboxylic acids is 1. The van der Waals surface area contributed by atoms with Gasteiger partial charge in [0.15, 0.2) is 23.8 Å². The van der Waals surface area contributed by atoms with E-state index in [1.807, 2.05) is 0 Å². The molecule has 1 fully saturated rings. The van der Waals surface area contributed by atoms with Crippen LogP contribution in [0.5, 0.6) is 0 Å². The highest BCUT2D eigenvalue weighted by atomic mass is 16.6. The Morgan fingerprint density at radius 3 is 2.91 bits per heavy atom. The molecule has 0 aliphatic carbocycles. The van der Waals surface area contributed by atoms with Crippen LogP contribution >= 0.6 is 0 Å². The Bertz CT molecular complexity index is 704. The number of hydrogen-bond donors (Lipinski definition) is 3. The molecule has 1 aliphatic rings. The number of nitrogens with two attached hydrogens (primary N) is 1. The fourth-order valence-electron chi connectivity index (χ4n) is 2.36. The molecule has 0 bridgehead atoms. The highest BCUT2D eigenvalue weighted by molar-refractivity contribution is 5.81. The van der Waals surface area contributed by atoms with Crippen molar-refractivity contribution in [3.8, 4) is 0 Å². The molecule has 0 amide bonds. The lowest BCUT2D eigenvalue weighted by atomic mass is 10.1. The lowest BCUT2D eigenvalue weighted by Gasteiger charge is -2.16. The van der Waals surface area contributed by atoms with Gasteiger partial charge in [-0.05, 0) is 6.92 Å². The summed E-state index contributed by atoms with van der Waals surface area (Å²) in [4.78, 5) is 23.6. The van der Waals surface area contributed by atoms with Gasteiger partial charge in [-0.25, -0.2) is 19.7 Å². The van der Waals surface area contributed by atoms with Crippen molar-refractivity contribution in [1.82, 2.24) is 19.5 Å². The van der Waals surface area contributed by atoms with Crippen LogP contribution in [-0.4, -0.2) is 60.6 Å². The van der Waals surface area contributed by atoms with E-state index < -0.39 is 30.5 Å². The van der Waals surface area contributed by atoms with Crippen molar-refractivity contribution in [3.63, 3.8) is 0 Å². The zero-order valence-electron chi connectivity index (χ0n) is 11.7. The summed E-state index contributed by atoms with van der Waals surface area (Å²) >= 11 is 0. The van der Waals surface area contributed by atoms with Crippen LogP contribution in [0, 0.1) is 0 Å². The maximum atomic E-state index is 11.7. The quantitative estimate of drug-likeness (QED) is 0.582. The lowest BCUT2D eigenvalue weighted by Crippen LogP contribution is -2.37. The summed E-state index contributed by atoms with van der Waals surface area (Å²) in [5.41, 5.74) is 6.36. The summed E-state index contributed by atoms with van der Waals surface area (Å²) in [7, 11) is 0. The molecule has 118 valence electrons. The van der Waals surface area contributed by atoms with Crippen LogP contribution in [0.15, 0.2) is 12.7 Å². The van der Waals surface area contributed by atoms with E-state index in [1.54, 1.807) is 6.92 Å². The fourth-order valence-corrected chi connectivity index (χ4v) is 2.36. The number of esters is 1. The van der Waals surface area contributed by atoms with Gasteiger partial charge in [-0.3, -0.25) is 4.57 Å². The van der Waals surface area contributed by atoms with E-state index in [0.29, 0.717) is 11.2 Å². The first kappa shape index (κ1) is 14.6. The third-order valence-electron chi connectivity index (χ3n) is 3.42. The minimum Gasteiger partial charge on any atom is -0.464 e. The molecule has 3 heterocycles. The highest BCUT2D eigenvalue weighted by Gasteiger charge is 2.48. The molecule has 0 saturated carbocycles. The molecule has 2 aromatic rings. The van der Waals surface area contributed by atoms with Gasteiger partial charge in [0.2, 0.25) is 0 Å². The van der Waals surface area contributed by atoms with Crippen molar-refractivity contribution < 1.29 is 24.5 Å². The highest BCUT2D eigenvalue weighted by Crippen LogP contribution is 2.32. The summed E-state index contributed by atoms with van der Waals surface area (Å²) in [6, 6.07) is 0. The van der Waals surface area contributed by atoms with E-state index in [0.717, 1.165) is 0 Å². The Morgan fingerprint density at radius 1 is 1.41 bits per heavy atom. The number of ether oxygens (including phenoxy) is 2. The summed E-state index contributed by atoms with van der Waals surface area (Å²) in [5.74, 6) is -0.561. The molecule has 0 unspecified atom stereocenters. The first-order chi connectivity index (χ1) is 10.5. The molecular formula is C12H15N5O5. The predicted molar refractivity (Wildman–Crippen MR) is 72.3 cm³/mol. The average Bonchev–Trinajstić information content (AvgIpc) is 3.03. The van der Waals surface area contributed by atoms with Gasteiger partial charge in [0, 0.05) is 0 Å². The van der Waals surface area contributed by atoms with Gasteiger partial charge in [0.05, 0.1) is 12.9 Å². The third-order valence-corrected chi connectivity index (χ3v) is 3.42. The van der Waals surface area contributed by atoms with Crippen LogP contribution in [0.4, 0.5) is 5.82 Å². The second-order valence-electron chi connectivity index (χ2n) is 4.76. The number of aliphatic hydroxyl groups excluding tert-OH is 2. The van der Waals surface area contributed by atoms with Crippen molar-refractivity contribution in [3.05, 3.63) is 12.7 Å². The number of fused-ring (bicyclic) bond motifs is 1. The van der Waals surface area contributed by atoms with Crippen molar-refractivity contribution in [2.45, 2.75) is 31.5 Å². The molecule has 4 atom stereocenters. The molecule has 0 aromatic carbocycles. The summed E-state index contributed by atoms with van der Waals surface area (Å²) in [6.07, 6.45) is -2.48. The Balaban J connectivity index is 1.94. The lowest BCUT2D eigenvalue weighted by molar-refractivity contribution is -0.161. The molecule has 3 rings (SSSR count). The normalized spacial score (nSPS) is 28.1. The second-order valence-corrected chi connectivity index (χ2v) is 4.76. The van der Waals surface area contributed by atoms with E-state index in [4.69, 9.17) is 15.2 Å². The van der Waals surface area contributed by atoms with E-state index in [2.05, 4.69) is 15.0 Å². The minimum atomic E-state index is -1.42. The predicted octanol–water partition coefficient (Wildman–Crippen LogP) is -1.41. The molecule has 1 aliphatic heterocycles. The number of hydrogen-bond acceptors (Lipinski definition) is 9. The first-order valence-electron chi connectivity index (χ1n) is 6.65. The number of anilines is 1. The molecule has 22 heavy (non-hydrogen) atoms. The summed E-state index contributed by atoms with van der Waals surface area (Å²) < 4.78 is 11.6. The van der Waals surface area contributed by atoms with Crippen molar-refractivity contribution in [2.24, 2.45) is 0 Å². The topological polar surface area (TPSA) is 146 Å². The number of aromatic nitrogens is 4. The van der Waals surface area contributed by atoms with Gasteiger partial charge in [-0.1, -0.05) is 0 Å². The number of carbonyl (C=O) groups is 1. The van der Waals surface area contributed by atoms with Crippen LogP contribution in [0.3, 0.4) is 0 Å². The second kappa shape index (κ2) is 5.48. The standard InChI is InChI=1S/C12H15N5O5/c1-2-21-12(20)8-6(18)7(19)11(22-8)17-4-16-5-9(13)14-3-15-10(5)17/h3-4,6-8,11,18-19H,2H2,1H3,(H2,13,14,15)/t6-,7+,8-,11+/m1/s1. The molecular weight excluding hydrogens is 294 g/mol. The minimum absolute atomic E-state index is 0.143. The summed E-state index contributed by atoms with van der Waals surface area (Å²) in [6.45, 7) is 1.78. The number of rotatable bonds is 3. The van der Waals surface area contributed by atoms with E-state index in [9.17, 15) is 15.0 Å². The number of aliphatic hydroxyl groups is 2. The molecule has 2 aromatic heterocycles. The van der Waals surface area contributed by atoms with Crippen LogP contribution in [0.1, 0.15) is 13.2 Å². The Hall–Kier alpha value is -2.30. The largest absolute Gasteiger partial charge is 0.464 e. The van der Waals surface area contributed by atoms with E-state index in [1.165, 1.54) is 17.2 Å². The number of nitrogens with zero attached hydrogens (tertiary/aromatic N) is 4. The average molecular weight is 309 g/mol. The fraction of sp³-hybridized carbons (Fsp3) is 0.500. The molecule has 0 radical (unpaired) electrons. The zero-order valence-corrected chi connectivity index (χ0v) is 11.7. The Morgan fingerprint density at radius 2 is 2.18 bits per heavy atom. The number of nitrogen functional groups attached to an aromatic ring is 1. The van der Waals surface area contributed by atoms with Crippen LogP contribution in [0.2, 0.25) is 0 Å². The molecule has 4 N–H and O–H groups in total. The van der Waals surface area contributed by atoms with Crippen molar-refractivity contribution in [2.75, 3.05) is 12.3 Å². The third kappa shape index (κ3) is 2.17. The van der Waals surface area contributed by atoms with Crippen molar-refractivity contribution in [1.29, 1.82) is 0 Å². The van der Waals surface area contributed by atoms with Crippen molar-refractivity contribution >= 4 is 23.0 Å². The maximum absolute atomic E-state index is 11.7. The maximum Gasteiger partial charge on any atom is 0.338 e. The molecule has 10 heteroatoms. The Kier molecular flexibility index (Phi) is 3.64. The smallest absolute Gasteiger partial charge is 0.338 e. The van der Waals surface area contributed by atoms with Crippen LogP contribution in [-0.2, 0) is 14.3 Å². The Labute approximate surface area is 124 Å². The first-order valence-corrected chi connectivity index (χ1v) is 6.65. The van der Waals surface area contributed by atoms with Crippen LogP contribution in [0.25, 0.3) is 11.2 Å². The van der Waals surface area contributed by atoms with Gasteiger partial charge in [0.1, 0.15) is 24.1 Å². The van der Waals surface area contributed by atoms with Gasteiger partial charge >= 0.3 is 5.97 Å².